The number of nitrogens with one attached hydrogen (secondary N) is 2. The van der Waals surface area contributed by atoms with Crippen molar-refractivity contribution in [3.63, 3.8) is 0 Å². The maximum Gasteiger partial charge on any atom is 0.251 e. The molecule has 1 unspecified atom stereocenters. The summed E-state index contributed by atoms with van der Waals surface area (Å²) < 4.78 is 0. The lowest BCUT2D eigenvalue weighted by atomic mass is 10.1. The average molecular weight is 406 g/mol. The number of amides is 2. The first-order chi connectivity index (χ1) is 14.1. The number of anilines is 1. The second-order valence-corrected chi connectivity index (χ2v) is 7.69. The van der Waals surface area contributed by atoms with Crippen molar-refractivity contribution in [1.29, 1.82) is 0 Å². The highest BCUT2D eigenvalue weighted by Crippen LogP contribution is 2.21. The molecule has 0 saturated heterocycles. The number of nitrogens with zero attached hydrogens (tertiary/aromatic N) is 1. The highest BCUT2D eigenvalue weighted by atomic mass is 32.2. The first kappa shape index (κ1) is 20.6. The second-order valence-electron chi connectivity index (χ2n) is 6.60. The number of hydrogen-bond acceptors (Lipinski definition) is 4. The molecule has 2 amide bonds. The molecule has 0 saturated carbocycles. The van der Waals surface area contributed by atoms with Crippen LogP contribution in [0.25, 0.3) is 0 Å². The van der Waals surface area contributed by atoms with Crippen molar-refractivity contribution in [2.45, 2.75) is 18.4 Å². The Morgan fingerprint density at radius 2 is 1.79 bits per heavy atom. The van der Waals surface area contributed by atoms with Gasteiger partial charge in [-0.1, -0.05) is 37.3 Å². The molecule has 2 N–H and O–H groups in total. The fraction of sp³-hybridized carbons (Fsp3) is 0.174. The Balaban J connectivity index is 1.53. The average Bonchev–Trinajstić information content (AvgIpc) is 2.77. The Kier molecular flexibility index (Phi) is 7.41. The zero-order chi connectivity index (χ0) is 20.5. The molecule has 0 radical (unpaired) electrons. The number of benzene rings is 2. The number of rotatable bonds is 8. The first-order valence-electron chi connectivity index (χ1n) is 9.38. The topological polar surface area (TPSA) is 71.1 Å². The number of pyridine rings is 1. The van der Waals surface area contributed by atoms with Crippen molar-refractivity contribution in [3.05, 3.63) is 90.3 Å². The molecule has 3 aromatic rings. The maximum absolute atomic E-state index is 12.5. The van der Waals surface area contributed by atoms with Crippen LogP contribution in [0.15, 0.2) is 83.9 Å². The summed E-state index contributed by atoms with van der Waals surface area (Å²) in [5, 5.41) is 5.74. The third-order valence-corrected chi connectivity index (χ3v) is 5.51. The van der Waals surface area contributed by atoms with E-state index in [9.17, 15) is 9.59 Å². The molecule has 2 aromatic carbocycles. The van der Waals surface area contributed by atoms with Gasteiger partial charge in [0.25, 0.3) is 5.91 Å². The normalized spacial score (nSPS) is 11.5. The van der Waals surface area contributed by atoms with E-state index in [1.807, 2.05) is 55.5 Å². The molecule has 6 heteroatoms. The molecule has 0 fully saturated rings. The summed E-state index contributed by atoms with van der Waals surface area (Å²) >= 11 is 1.65. The summed E-state index contributed by atoms with van der Waals surface area (Å²) in [4.78, 5) is 30.2. The molecule has 0 aliphatic heterocycles. The standard InChI is InChI=1S/C23H23N3O2S/c1-17(16-29-21-11-3-2-4-12-21)22(27)26-19-10-7-8-18(14-19)23(28)25-15-20-9-5-6-13-24-20/h2-14,17H,15-16H2,1H3,(H,25,28)(H,26,27). The molecule has 0 bridgehead atoms. The molecule has 0 aliphatic carbocycles. The van der Waals surface area contributed by atoms with Gasteiger partial charge in [0.1, 0.15) is 0 Å². The molecule has 3 rings (SSSR count). The minimum atomic E-state index is -0.209. The molecule has 1 heterocycles. The van der Waals surface area contributed by atoms with Gasteiger partial charge in [-0.05, 0) is 42.5 Å². The summed E-state index contributed by atoms with van der Waals surface area (Å²) in [5.74, 6) is 0.237. The van der Waals surface area contributed by atoms with Gasteiger partial charge in [0.2, 0.25) is 5.91 Å². The molecule has 1 aromatic heterocycles. The van der Waals surface area contributed by atoms with Crippen LogP contribution in [0.4, 0.5) is 5.69 Å². The Hall–Kier alpha value is -3.12. The molecular formula is C23H23N3O2S. The van der Waals surface area contributed by atoms with E-state index >= 15 is 0 Å². The van der Waals surface area contributed by atoms with Crippen LogP contribution in [0.1, 0.15) is 23.0 Å². The summed E-state index contributed by atoms with van der Waals surface area (Å²) in [5.41, 5.74) is 1.89. The lowest BCUT2D eigenvalue weighted by Crippen LogP contribution is -2.24. The van der Waals surface area contributed by atoms with Crippen molar-refractivity contribution < 1.29 is 9.59 Å². The van der Waals surface area contributed by atoms with Gasteiger partial charge in [0.05, 0.1) is 12.2 Å². The predicted octanol–water partition coefficient (Wildman–Crippen LogP) is 4.38. The van der Waals surface area contributed by atoms with Crippen LogP contribution in [0.5, 0.6) is 0 Å². The minimum Gasteiger partial charge on any atom is -0.346 e. The Morgan fingerprint density at radius 1 is 1.00 bits per heavy atom. The lowest BCUT2D eigenvalue weighted by molar-refractivity contribution is -0.118. The van der Waals surface area contributed by atoms with E-state index < -0.39 is 0 Å². The van der Waals surface area contributed by atoms with Crippen LogP contribution in [-0.2, 0) is 11.3 Å². The smallest absolute Gasteiger partial charge is 0.251 e. The zero-order valence-corrected chi connectivity index (χ0v) is 17.0. The van der Waals surface area contributed by atoms with Crippen LogP contribution >= 0.6 is 11.8 Å². The van der Waals surface area contributed by atoms with Gasteiger partial charge < -0.3 is 10.6 Å². The van der Waals surface area contributed by atoms with E-state index in [0.29, 0.717) is 23.5 Å². The largest absolute Gasteiger partial charge is 0.346 e. The van der Waals surface area contributed by atoms with E-state index in [2.05, 4.69) is 15.6 Å². The summed E-state index contributed by atoms with van der Waals surface area (Å²) in [7, 11) is 0. The Morgan fingerprint density at radius 3 is 2.55 bits per heavy atom. The van der Waals surface area contributed by atoms with Crippen molar-refractivity contribution in [2.75, 3.05) is 11.1 Å². The van der Waals surface area contributed by atoms with Crippen molar-refractivity contribution in [2.24, 2.45) is 5.92 Å². The van der Waals surface area contributed by atoms with Crippen LogP contribution < -0.4 is 10.6 Å². The van der Waals surface area contributed by atoms with Gasteiger partial charge in [-0.25, -0.2) is 0 Å². The molecule has 1 atom stereocenters. The maximum atomic E-state index is 12.5. The SMILES string of the molecule is CC(CSc1ccccc1)C(=O)Nc1cccc(C(=O)NCc2ccccn2)c1. The van der Waals surface area contributed by atoms with E-state index in [4.69, 9.17) is 0 Å². The number of carbonyl (C=O) groups is 2. The third kappa shape index (κ3) is 6.47. The van der Waals surface area contributed by atoms with Gasteiger partial charge in [-0.3, -0.25) is 14.6 Å². The Labute approximate surface area is 175 Å². The fourth-order valence-corrected chi connectivity index (χ4v) is 3.54. The van der Waals surface area contributed by atoms with Gasteiger partial charge in [-0.2, -0.15) is 0 Å². The number of thioether (sulfide) groups is 1. The monoisotopic (exact) mass is 405 g/mol. The van der Waals surface area contributed by atoms with E-state index in [0.717, 1.165) is 10.6 Å². The van der Waals surface area contributed by atoms with Gasteiger partial charge in [-0.15, -0.1) is 11.8 Å². The number of carbonyl (C=O) groups excluding carboxylic acids is 2. The van der Waals surface area contributed by atoms with Crippen LogP contribution in [0.2, 0.25) is 0 Å². The van der Waals surface area contributed by atoms with Gasteiger partial charge >= 0.3 is 0 Å². The summed E-state index contributed by atoms with van der Waals surface area (Å²) in [6.45, 7) is 2.25. The van der Waals surface area contributed by atoms with E-state index in [1.165, 1.54) is 0 Å². The van der Waals surface area contributed by atoms with Crippen LogP contribution in [0, 0.1) is 5.92 Å². The molecule has 0 aliphatic rings. The molecular weight excluding hydrogens is 382 g/mol. The highest BCUT2D eigenvalue weighted by Gasteiger charge is 2.14. The number of aromatic nitrogens is 1. The number of hydrogen-bond donors (Lipinski definition) is 2. The quantitative estimate of drug-likeness (QED) is 0.546. The third-order valence-electron chi connectivity index (χ3n) is 4.24. The highest BCUT2D eigenvalue weighted by molar-refractivity contribution is 7.99. The fourth-order valence-electron chi connectivity index (χ4n) is 2.59. The molecule has 148 valence electrons. The van der Waals surface area contributed by atoms with Gasteiger partial charge in [0.15, 0.2) is 0 Å². The summed E-state index contributed by atoms with van der Waals surface area (Å²) in [6.07, 6.45) is 1.69. The zero-order valence-electron chi connectivity index (χ0n) is 16.2. The Bertz CT molecular complexity index is 949. The van der Waals surface area contributed by atoms with Gasteiger partial charge in [0, 0.05) is 34.0 Å². The van der Waals surface area contributed by atoms with E-state index in [-0.39, 0.29) is 17.7 Å². The van der Waals surface area contributed by atoms with Crippen molar-refractivity contribution in [3.8, 4) is 0 Å². The van der Waals surface area contributed by atoms with Crippen LogP contribution in [-0.4, -0.2) is 22.6 Å². The second kappa shape index (κ2) is 10.4. The minimum absolute atomic E-state index is 0.0699. The molecule has 29 heavy (non-hydrogen) atoms. The van der Waals surface area contributed by atoms with E-state index in [1.54, 1.807) is 42.2 Å². The summed E-state index contributed by atoms with van der Waals surface area (Å²) in [6, 6.07) is 22.5. The van der Waals surface area contributed by atoms with Crippen molar-refractivity contribution in [1.82, 2.24) is 10.3 Å². The predicted molar refractivity (Wildman–Crippen MR) is 117 cm³/mol. The molecule has 5 nitrogen and oxygen atoms in total. The first-order valence-corrected chi connectivity index (χ1v) is 10.4. The van der Waals surface area contributed by atoms with Crippen LogP contribution in [0.3, 0.4) is 0 Å². The van der Waals surface area contributed by atoms with Crippen molar-refractivity contribution >= 4 is 29.3 Å². The molecule has 0 spiro atoms. The lowest BCUT2D eigenvalue weighted by Gasteiger charge is -2.13.